The smallest absolute Gasteiger partial charge is 0.252 e. The van der Waals surface area contributed by atoms with Crippen LogP contribution in [0, 0.1) is 0 Å². The fraction of sp³-hybridized carbons (Fsp3) is 0.538. The molecule has 6 heteroatoms. The molecule has 0 aliphatic carbocycles. The second-order valence-corrected chi connectivity index (χ2v) is 5.28. The number of ketones is 1. The summed E-state index contributed by atoms with van der Waals surface area (Å²) in [7, 11) is 0. The van der Waals surface area contributed by atoms with Crippen LogP contribution in [-0.4, -0.2) is 43.7 Å². The Morgan fingerprint density at radius 3 is 2.95 bits per heavy atom. The zero-order valence-electron chi connectivity index (χ0n) is 11.0. The Labute approximate surface area is 115 Å². The number of rotatable bonds is 5. The Hall–Kier alpha value is -1.24. The van der Waals surface area contributed by atoms with Crippen molar-refractivity contribution in [2.24, 2.45) is 0 Å². The van der Waals surface area contributed by atoms with Crippen molar-refractivity contribution in [3.05, 3.63) is 21.9 Å². The van der Waals surface area contributed by atoms with Gasteiger partial charge in [0.15, 0.2) is 5.78 Å². The van der Waals surface area contributed by atoms with Crippen molar-refractivity contribution in [2.75, 3.05) is 19.8 Å². The van der Waals surface area contributed by atoms with E-state index in [0.717, 1.165) is 0 Å². The molecule has 2 heterocycles. The molecule has 2 atom stereocenters. The van der Waals surface area contributed by atoms with Crippen LogP contribution in [0.4, 0.5) is 0 Å². The largest absolute Gasteiger partial charge is 0.376 e. The van der Waals surface area contributed by atoms with Gasteiger partial charge in [0.05, 0.1) is 29.7 Å². The van der Waals surface area contributed by atoms with Gasteiger partial charge in [0.25, 0.3) is 5.91 Å². The van der Waals surface area contributed by atoms with E-state index in [1.165, 1.54) is 18.3 Å². The monoisotopic (exact) mass is 283 g/mol. The summed E-state index contributed by atoms with van der Waals surface area (Å²) in [5.41, 5.74) is 0.511. The first-order chi connectivity index (χ1) is 9.11. The lowest BCUT2D eigenvalue weighted by molar-refractivity contribution is 0.0402. The van der Waals surface area contributed by atoms with Crippen LogP contribution in [-0.2, 0) is 9.47 Å². The number of ether oxygens (including phenoxy) is 2. The third-order valence-electron chi connectivity index (χ3n) is 2.93. The van der Waals surface area contributed by atoms with E-state index >= 15 is 0 Å². The molecule has 1 saturated heterocycles. The number of thiophene rings is 1. The number of Topliss-reactive ketones (excluding diaryl/α,β-unsaturated/α-hetero) is 1. The van der Waals surface area contributed by atoms with E-state index in [1.807, 2.05) is 6.92 Å². The molecule has 1 aliphatic heterocycles. The van der Waals surface area contributed by atoms with Crippen LogP contribution < -0.4 is 5.32 Å². The molecule has 1 N–H and O–H groups in total. The molecule has 0 radical (unpaired) electrons. The molecular weight excluding hydrogens is 266 g/mol. The van der Waals surface area contributed by atoms with Gasteiger partial charge in [-0.3, -0.25) is 9.59 Å². The molecule has 0 saturated carbocycles. The first kappa shape index (κ1) is 14.2. The molecule has 0 bridgehead atoms. The lowest BCUT2D eigenvalue weighted by atomic mass is 10.2. The van der Waals surface area contributed by atoms with Crippen molar-refractivity contribution in [1.29, 1.82) is 0 Å². The summed E-state index contributed by atoms with van der Waals surface area (Å²) < 4.78 is 10.8. The second-order valence-electron chi connectivity index (χ2n) is 4.37. The molecule has 1 aromatic heterocycles. The van der Waals surface area contributed by atoms with Crippen LogP contribution in [0.5, 0.6) is 0 Å². The van der Waals surface area contributed by atoms with Crippen LogP contribution in [0.25, 0.3) is 0 Å². The number of carbonyl (C=O) groups is 2. The molecule has 2 rings (SSSR count). The van der Waals surface area contributed by atoms with E-state index in [1.54, 1.807) is 11.4 Å². The van der Waals surface area contributed by atoms with Gasteiger partial charge in [-0.1, -0.05) is 0 Å². The number of hydrogen-bond donors (Lipinski definition) is 1. The maximum Gasteiger partial charge on any atom is 0.252 e. The van der Waals surface area contributed by atoms with Crippen molar-refractivity contribution >= 4 is 23.0 Å². The molecule has 0 aromatic carbocycles. The first-order valence-electron chi connectivity index (χ1n) is 6.21. The van der Waals surface area contributed by atoms with Gasteiger partial charge < -0.3 is 14.8 Å². The summed E-state index contributed by atoms with van der Waals surface area (Å²) in [5, 5.41) is 4.58. The van der Waals surface area contributed by atoms with E-state index in [-0.39, 0.29) is 23.8 Å². The van der Waals surface area contributed by atoms with Gasteiger partial charge in [-0.15, -0.1) is 11.3 Å². The van der Waals surface area contributed by atoms with E-state index < -0.39 is 0 Å². The van der Waals surface area contributed by atoms with Gasteiger partial charge in [0, 0.05) is 12.0 Å². The number of nitrogens with one attached hydrogen (secondary N) is 1. The van der Waals surface area contributed by atoms with Crippen LogP contribution >= 0.6 is 11.3 Å². The van der Waals surface area contributed by atoms with Crippen molar-refractivity contribution in [3.8, 4) is 0 Å². The first-order valence-corrected chi connectivity index (χ1v) is 7.09. The summed E-state index contributed by atoms with van der Waals surface area (Å²) in [6, 6.07) is 1.49. The minimum atomic E-state index is -0.191. The Balaban J connectivity index is 1.98. The Bertz CT molecular complexity index is 471. The number of amides is 1. The van der Waals surface area contributed by atoms with Crippen molar-refractivity contribution < 1.29 is 19.1 Å². The van der Waals surface area contributed by atoms with Crippen LogP contribution in [0.2, 0.25) is 0 Å². The fourth-order valence-corrected chi connectivity index (χ4v) is 2.73. The molecule has 1 amide bonds. The Morgan fingerprint density at radius 1 is 1.53 bits per heavy atom. The van der Waals surface area contributed by atoms with Crippen molar-refractivity contribution in [2.45, 2.75) is 26.0 Å². The van der Waals surface area contributed by atoms with Crippen molar-refractivity contribution in [3.63, 3.8) is 0 Å². The number of carbonyl (C=O) groups excluding carboxylic acids is 2. The Kier molecular flexibility index (Phi) is 4.68. The molecule has 104 valence electrons. The van der Waals surface area contributed by atoms with E-state index in [2.05, 4.69) is 5.32 Å². The van der Waals surface area contributed by atoms with E-state index in [4.69, 9.17) is 9.47 Å². The maximum absolute atomic E-state index is 12.1. The van der Waals surface area contributed by atoms with Crippen LogP contribution in [0.3, 0.4) is 0 Å². The summed E-state index contributed by atoms with van der Waals surface area (Å²) in [6.45, 7) is 4.95. The predicted octanol–water partition coefficient (Wildman–Crippen LogP) is 1.48. The highest BCUT2D eigenvalue weighted by atomic mass is 32.1. The summed E-state index contributed by atoms with van der Waals surface area (Å²) >= 11 is 1.28. The summed E-state index contributed by atoms with van der Waals surface area (Å²) in [5.74, 6) is -0.218. The molecule has 19 heavy (non-hydrogen) atoms. The third-order valence-corrected chi connectivity index (χ3v) is 3.97. The normalized spacial score (nSPS) is 22.4. The van der Waals surface area contributed by atoms with Gasteiger partial charge >= 0.3 is 0 Å². The highest BCUT2D eigenvalue weighted by Gasteiger charge is 2.30. The standard InChI is InChI=1S/C13H17NO4S/c1-3-18-11-6-17-5-10(11)14-13(16)9-4-12(8(2)15)19-7-9/h4,7,10-11H,3,5-6H2,1-2H3,(H,14,16)/t10-,11-/m0/s1. The minimum Gasteiger partial charge on any atom is -0.376 e. The minimum absolute atomic E-state index is 0.0274. The third kappa shape index (κ3) is 3.40. The second kappa shape index (κ2) is 6.27. The Morgan fingerprint density at radius 2 is 2.32 bits per heavy atom. The molecule has 0 spiro atoms. The molecule has 1 aromatic rings. The average Bonchev–Trinajstić information content (AvgIpc) is 2.99. The maximum atomic E-state index is 12.1. The quantitative estimate of drug-likeness (QED) is 0.831. The molecule has 5 nitrogen and oxygen atoms in total. The van der Waals surface area contributed by atoms with E-state index in [0.29, 0.717) is 30.3 Å². The SMILES string of the molecule is CCO[C@H]1COC[C@@H]1NC(=O)c1csc(C(C)=O)c1. The molecular formula is C13H17NO4S. The van der Waals surface area contributed by atoms with Crippen molar-refractivity contribution in [1.82, 2.24) is 5.32 Å². The van der Waals surface area contributed by atoms with Crippen LogP contribution in [0.15, 0.2) is 11.4 Å². The zero-order valence-corrected chi connectivity index (χ0v) is 11.8. The zero-order chi connectivity index (χ0) is 13.8. The van der Waals surface area contributed by atoms with Gasteiger partial charge in [-0.05, 0) is 19.9 Å². The lowest BCUT2D eigenvalue weighted by Crippen LogP contribution is -2.43. The van der Waals surface area contributed by atoms with Gasteiger partial charge in [-0.2, -0.15) is 0 Å². The highest BCUT2D eigenvalue weighted by Crippen LogP contribution is 2.16. The summed E-state index contributed by atoms with van der Waals surface area (Å²) in [6.07, 6.45) is -0.0973. The van der Waals surface area contributed by atoms with Crippen LogP contribution in [0.1, 0.15) is 33.9 Å². The average molecular weight is 283 g/mol. The summed E-state index contributed by atoms with van der Waals surface area (Å²) in [4.78, 5) is 23.9. The predicted molar refractivity (Wildman–Crippen MR) is 71.8 cm³/mol. The molecule has 1 aliphatic rings. The van der Waals surface area contributed by atoms with Gasteiger partial charge in [0.1, 0.15) is 6.10 Å². The van der Waals surface area contributed by atoms with E-state index in [9.17, 15) is 9.59 Å². The van der Waals surface area contributed by atoms with Gasteiger partial charge in [0.2, 0.25) is 0 Å². The fourth-order valence-electron chi connectivity index (χ4n) is 1.94. The molecule has 1 fully saturated rings. The van der Waals surface area contributed by atoms with Gasteiger partial charge in [-0.25, -0.2) is 0 Å². The lowest BCUT2D eigenvalue weighted by Gasteiger charge is -2.18. The molecule has 0 unspecified atom stereocenters. The number of hydrogen-bond acceptors (Lipinski definition) is 5. The highest BCUT2D eigenvalue weighted by molar-refractivity contribution is 7.12. The topological polar surface area (TPSA) is 64.6 Å².